The van der Waals surface area contributed by atoms with E-state index in [1.54, 1.807) is 18.4 Å². The average molecular weight is 377 g/mol. The zero-order valence-corrected chi connectivity index (χ0v) is 13.8. The molecular formula is C11H13BrN4O2S2. The van der Waals surface area contributed by atoms with Crippen LogP contribution in [0.4, 0.5) is 5.95 Å². The van der Waals surface area contributed by atoms with Crippen molar-refractivity contribution in [3.63, 3.8) is 0 Å². The Morgan fingerprint density at radius 3 is 2.55 bits per heavy atom. The third-order valence-electron chi connectivity index (χ3n) is 2.45. The molecule has 108 valence electrons. The maximum Gasteiger partial charge on any atom is 0.243 e. The number of halogens is 1. The summed E-state index contributed by atoms with van der Waals surface area (Å²) in [5, 5.41) is 2.73. The lowest BCUT2D eigenvalue weighted by Crippen LogP contribution is -2.26. The summed E-state index contributed by atoms with van der Waals surface area (Å²) in [5.41, 5.74) is 0. The number of hydrogen-bond acceptors (Lipinski definition) is 6. The number of nitrogens with zero attached hydrogens (tertiary/aromatic N) is 2. The van der Waals surface area contributed by atoms with Crippen molar-refractivity contribution in [1.82, 2.24) is 14.7 Å². The lowest BCUT2D eigenvalue weighted by atomic mass is 10.3. The monoisotopic (exact) mass is 376 g/mol. The zero-order valence-electron chi connectivity index (χ0n) is 10.6. The van der Waals surface area contributed by atoms with Crippen molar-refractivity contribution in [2.45, 2.75) is 11.3 Å². The van der Waals surface area contributed by atoms with Crippen LogP contribution >= 0.6 is 27.3 Å². The molecule has 0 amide bonds. The molecule has 0 spiro atoms. The lowest BCUT2D eigenvalue weighted by molar-refractivity contribution is 0.581. The molecule has 2 aromatic heterocycles. The van der Waals surface area contributed by atoms with Gasteiger partial charge in [0, 0.05) is 18.5 Å². The summed E-state index contributed by atoms with van der Waals surface area (Å²) in [6.45, 7) is 0.336. The van der Waals surface area contributed by atoms with E-state index in [9.17, 15) is 8.42 Å². The van der Waals surface area contributed by atoms with Gasteiger partial charge in [-0.25, -0.2) is 23.1 Å². The van der Waals surface area contributed by atoms with E-state index in [1.165, 1.54) is 12.4 Å². The van der Waals surface area contributed by atoms with Gasteiger partial charge in [-0.15, -0.1) is 11.3 Å². The molecule has 0 atom stereocenters. The fourth-order valence-corrected chi connectivity index (χ4v) is 3.87. The first kappa shape index (κ1) is 15.4. The molecule has 0 aliphatic rings. The Morgan fingerprint density at radius 1 is 1.30 bits per heavy atom. The van der Waals surface area contributed by atoms with Crippen LogP contribution in [0.25, 0.3) is 0 Å². The van der Waals surface area contributed by atoms with Gasteiger partial charge in [0.2, 0.25) is 16.0 Å². The Bertz CT molecular complexity index is 670. The summed E-state index contributed by atoms with van der Waals surface area (Å²) >= 11 is 4.96. The topological polar surface area (TPSA) is 84.0 Å². The van der Waals surface area contributed by atoms with Gasteiger partial charge in [-0.3, -0.25) is 0 Å². The molecule has 0 fully saturated rings. The number of nitrogens with one attached hydrogen (secondary N) is 2. The van der Waals surface area contributed by atoms with E-state index >= 15 is 0 Å². The number of rotatable bonds is 6. The van der Waals surface area contributed by atoms with Crippen LogP contribution in [0, 0.1) is 0 Å². The molecule has 0 saturated heterocycles. The average Bonchev–Trinajstić information content (AvgIpc) is 2.84. The molecule has 0 aliphatic heterocycles. The van der Waals surface area contributed by atoms with Gasteiger partial charge in [0.15, 0.2) is 0 Å². The van der Waals surface area contributed by atoms with E-state index in [1.807, 2.05) is 12.1 Å². The van der Waals surface area contributed by atoms with Crippen LogP contribution in [0.3, 0.4) is 0 Å². The molecular weight excluding hydrogens is 364 g/mol. The van der Waals surface area contributed by atoms with Crippen LogP contribution in [-0.2, 0) is 16.4 Å². The van der Waals surface area contributed by atoms with E-state index in [-0.39, 0.29) is 4.90 Å². The fourth-order valence-electron chi connectivity index (χ4n) is 1.46. The van der Waals surface area contributed by atoms with Crippen LogP contribution < -0.4 is 10.0 Å². The summed E-state index contributed by atoms with van der Waals surface area (Å²) in [6.07, 6.45) is 3.21. The Labute approximate surface area is 129 Å². The Hall–Kier alpha value is -1.03. The van der Waals surface area contributed by atoms with E-state index in [2.05, 4.69) is 35.9 Å². The molecule has 2 N–H and O–H groups in total. The van der Waals surface area contributed by atoms with Crippen molar-refractivity contribution in [1.29, 1.82) is 0 Å². The third kappa shape index (κ3) is 3.98. The van der Waals surface area contributed by atoms with Gasteiger partial charge in [-0.05, 0) is 34.5 Å². The second-order valence-electron chi connectivity index (χ2n) is 3.85. The van der Waals surface area contributed by atoms with Crippen molar-refractivity contribution in [2.75, 3.05) is 18.9 Å². The standard InChI is InChI=1S/C11H13BrN4O2S2/c1-13-11-14-6-9(7-15-11)20(17,18)16-5-4-8-2-3-10(12)19-8/h2-3,6-7,16H,4-5H2,1H3,(H,13,14,15). The fraction of sp³-hybridized carbons (Fsp3) is 0.273. The number of sulfonamides is 1. The molecule has 2 heterocycles. The van der Waals surface area contributed by atoms with E-state index in [4.69, 9.17) is 0 Å². The highest BCUT2D eigenvalue weighted by Crippen LogP contribution is 2.22. The minimum absolute atomic E-state index is 0.0591. The van der Waals surface area contributed by atoms with Crippen molar-refractivity contribution in [3.8, 4) is 0 Å². The van der Waals surface area contributed by atoms with Crippen molar-refractivity contribution in [2.24, 2.45) is 0 Å². The molecule has 9 heteroatoms. The first-order valence-electron chi connectivity index (χ1n) is 5.75. The van der Waals surface area contributed by atoms with Crippen LogP contribution in [0.15, 0.2) is 33.2 Å². The van der Waals surface area contributed by atoms with Gasteiger partial charge in [0.05, 0.1) is 16.2 Å². The molecule has 0 saturated carbocycles. The Balaban J connectivity index is 1.96. The number of hydrogen-bond donors (Lipinski definition) is 2. The van der Waals surface area contributed by atoms with Gasteiger partial charge in [0.25, 0.3) is 0 Å². The van der Waals surface area contributed by atoms with E-state index < -0.39 is 10.0 Å². The molecule has 0 aromatic carbocycles. The van der Waals surface area contributed by atoms with Crippen LogP contribution in [0.2, 0.25) is 0 Å². The van der Waals surface area contributed by atoms with Crippen LogP contribution in [0.1, 0.15) is 4.88 Å². The van der Waals surface area contributed by atoms with Crippen molar-refractivity contribution in [3.05, 3.63) is 33.2 Å². The van der Waals surface area contributed by atoms with Crippen molar-refractivity contribution < 1.29 is 8.42 Å². The number of thiophene rings is 1. The summed E-state index contributed by atoms with van der Waals surface area (Å²) in [7, 11) is -1.89. The van der Waals surface area contributed by atoms with Gasteiger partial charge < -0.3 is 5.32 Å². The van der Waals surface area contributed by atoms with Gasteiger partial charge in [-0.2, -0.15) is 0 Å². The number of anilines is 1. The molecule has 0 aliphatic carbocycles. The highest BCUT2D eigenvalue weighted by molar-refractivity contribution is 9.11. The van der Waals surface area contributed by atoms with E-state index in [0.29, 0.717) is 18.9 Å². The molecule has 0 bridgehead atoms. The summed E-state index contributed by atoms with van der Waals surface area (Å²) in [6, 6.07) is 3.91. The lowest BCUT2D eigenvalue weighted by Gasteiger charge is -2.06. The molecule has 6 nitrogen and oxygen atoms in total. The van der Waals surface area contributed by atoms with Gasteiger partial charge in [-0.1, -0.05) is 0 Å². The third-order valence-corrected chi connectivity index (χ3v) is 5.55. The highest BCUT2D eigenvalue weighted by Gasteiger charge is 2.14. The summed E-state index contributed by atoms with van der Waals surface area (Å²) in [5.74, 6) is 0.382. The smallest absolute Gasteiger partial charge is 0.243 e. The summed E-state index contributed by atoms with van der Waals surface area (Å²) in [4.78, 5) is 8.95. The predicted octanol–water partition coefficient (Wildman–Crippen LogP) is 1.86. The van der Waals surface area contributed by atoms with E-state index in [0.717, 1.165) is 8.66 Å². The summed E-state index contributed by atoms with van der Waals surface area (Å²) < 4.78 is 27.6. The second-order valence-corrected chi connectivity index (χ2v) is 8.16. The zero-order chi connectivity index (χ0) is 14.6. The molecule has 2 aromatic rings. The highest BCUT2D eigenvalue weighted by atomic mass is 79.9. The predicted molar refractivity (Wildman–Crippen MR) is 82.5 cm³/mol. The quantitative estimate of drug-likeness (QED) is 0.803. The first-order chi connectivity index (χ1) is 9.51. The second kappa shape index (κ2) is 6.61. The normalized spacial score (nSPS) is 11.5. The number of aromatic nitrogens is 2. The minimum Gasteiger partial charge on any atom is -0.357 e. The minimum atomic E-state index is -3.56. The Morgan fingerprint density at radius 2 is 2.00 bits per heavy atom. The molecule has 0 radical (unpaired) electrons. The van der Waals surface area contributed by atoms with Gasteiger partial charge in [0.1, 0.15) is 4.90 Å². The molecule has 0 unspecified atom stereocenters. The van der Waals surface area contributed by atoms with Gasteiger partial charge >= 0.3 is 0 Å². The van der Waals surface area contributed by atoms with Crippen molar-refractivity contribution >= 4 is 43.2 Å². The Kier molecular flexibility index (Phi) is 5.08. The first-order valence-corrected chi connectivity index (χ1v) is 8.84. The molecule has 2 rings (SSSR count). The van der Waals surface area contributed by atoms with Crippen LogP contribution in [-0.4, -0.2) is 32.0 Å². The van der Waals surface area contributed by atoms with Crippen LogP contribution in [0.5, 0.6) is 0 Å². The SMILES string of the molecule is CNc1ncc(S(=O)(=O)NCCc2ccc(Br)s2)cn1. The maximum absolute atomic E-state index is 12.0. The maximum atomic E-state index is 12.0. The largest absolute Gasteiger partial charge is 0.357 e. The molecule has 20 heavy (non-hydrogen) atoms.